The minimum Gasteiger partial charge on any atom is -0.463 e. The number of ether oxygens (including phenoxy) is 1. The number of carbonyl (C=O) groups excluding carboxylic acids is 1. The molecule has 1 aromatic heterocycles. The molecule has 0 aliphatic rings. The van der Waals surface area contributed by atoms with Gasteiger partial charge in [-0.2, -0.15) is 0 Å². The Morgan fingerprint density at radius 1 is 1.00 bits per heavy atom. The van der Waals surface area contributed by atoms with Gasteiger partial charge in [-0.05, 0) is 11.6 Å². The van der Waals surface area contributed by atoms with Crippen molar-refractivity contribution in [3.63, 3.8) is 0 Å². The molecule has 0 N–H and O–H groups in total. The van der Waals surface area contributed by atoms with E-state index in [9.17, 15) is 4.79 Å². The van der Waals surface area contributed by atoms with Gasteiger partial charge in [-0.25, -0.2) is 4.79 Å². The largest absolute Gasteiger partial charge is 0.463 e. The van der Waals surface area contributed by atoms with Crippen molar-refractivity contribution in [1.82, 2.24) is 0 Å². The Hall–Kier alpha value is -2.55. The number of benzene rings is 2. The summed E-state index contributed by atoms with van der Waals surface area (Å²) < 4.78 is 10.4. The maximum absolute atomic E-state index is 11.9. The summed E-state index contributed by atoms with van der Waals surface area (Å²) in [6, 6.07) is 17.3. The van der Waals surface area contributed by atoms with Crippen molar-refractivity contribution in [3.8, 4) is 11.1 Å². The molecular weight excluding hydrogens is 240 g/mol. The average molecular weight is 252 g/mol. The molecule has 0 bridgehead atoms. The van der Waals surface area contributed by atoms with Gasteiger partial charge in [0.2, 0.25) is 5.76 Å². The molecule has 0 unspecified atom stereocenters. The van der Waals surface area contributed by atoms with E-state index in [4.69, 9.17) is 9.15 Å². The molecule has 3 nitrogen and oxygen atoms in total. The van der Waals surface area contributed by atoms with Crippen LogP contribution in [-0.4, -0.2) is 13.1 Å². The van der Waals surface area contributed by atoms with E-state index in [1.807, 2.05) is 54.6 Å². The van der Waals surface area contributed by atoms with Crippen molar-refractivity contribution in [2.24, 2.45) is 0 Å². The summed E-state index contributed by atoms with van der Waals surface area (Å²) in [5.41, 5.74) is 2.40. The lowest BCUT2D eigenvalue weighted by Gasteiger charge is -2.01. The van der Waals surface area contributed by atoms with Crippen LogP contribution in [0.3, 0.4) is 0 Å². The molecule has 0 atom stereocenters. The predicted octanol–water partition coefficient (Wildman–Crippen LogP) is 3.89. The average Bonchev–Trinajstić information content (AvgIpc) is 2.86. The number of para-hydroxylation sites is 1. The summed E-state index contributed by atoms with van der Waals surface area (Å²) in [6.07, 6.45) is 0. The molecule has 0 fully saturated rings. The highest BCUT2D eigenvalue weighted by atomic mass is 16.5. The van der Waals surface area contributed by atoms with Crippen LogP contribution in [0.25, 0.3) is 22.1 Å². The van der Waals surface area contributed by atoms with Crippen LogP contribution in [-0.2, 0) is 4.74 Å². The quantitative estimate of drug-likeness (QED) is 0.649. The zero-order chi connectivity index (χ0) is 13.2. The first kappa shape index (κ1) is 11.5. The van der Waals surface area contributed by atoms with Gasteiger partial charge in [0.15, 0.2) is 0 Å². The van der Waals surface area contributed by atoms with Crippen molar-refractivity contribution in [3.05, 3.63) is 60.4 Å². The number of furan rings is 1. The summed E-state index contributed by atoms with van der Waals surface area (Å²) in [7, 11) is 1.35. The molecule has 19 heavy (non-hydrogen) atoms. The SMILES string of the molecule is COC(=O)c1oc2ccccc2c1-c1ccccc1. The van der Waals surface area contributed by atoms with E-state index in [0.29, 0.717) is 5.58 Å². The second-order valence-electron chi connectivity index (χ2n) is 4.16. The van der Waals surface area contributed by atoms with Gasteiger partial charge in [0.05, 0.1) is 7.11 Å². The lowest BCUT2D eigenvalue weighted by Crippen LogP contribution is -2.00. The van der Waals surface area contributed by atoms with Crippen LogP contribution in [0.2, 0.25) is 0 Å². The van der Waals surface area contributed by atoms with E-state index in [0.717, 1.165) is 16.5 Å². The summed E-state index contributed by atoms with van der Waals surface area (Å²) in [5.74, 6) is -0.218. The topological polar surface area (TPSA) is 39.4 Å². The van der Waals surface area contributed by atoms with Crippen molar-refractivity contribution < 1.29 is 13.9 Å². The first-order chi connectivity index (χ1) is 9.31. The zero-order valence-corrected chi connectivity index (χ0v) is 10.4. The minimum atomic E-state index is -0.463. The maximum Gasteiger partial charge on any atom is 0.374 e. The fourth-order valence-corrected chi connectivity index (χ4v) is 2.17. The van der Waals surface area contributed by atoms with E-state index in [1.54, 1.807) is 0 Å². The van der Waals surface area contributed by atoms with Gasteiger partial charge in [0.1, 0.15) is 5.58 Å². The van der Waals surface area contributed by atoms with Crippen LogP contribution in [0.15, 0.2) is 59.0 Å². The molecule has 3 rings (SSSR count). The molecule has 94 valence electrons. The van der Waals surface area contributed by atoms with Gasteiger partial charge in [0.25, 0.3) is 0 Å². The number of esters is 1. The minimum absolute atomic E-state index is 0.245. The Morgan fingerprint density at radius 2 is 1.68 bits per heavy atom. The van der Waals surface area contributed by atoms with Gasteiger partial charge in [0, 0.05) is 10.9 Å². The fraction of sp³-hybridized carbons (Fsp3) is 0.0625. The number of carbonyl (C=O) groups is 1. The third kappa shape index (κ3) is 1.89. The monoisotopic (exact) mass is 252 g/mol. The normalized spacial score (nSPS) is 10.6. The molecule has 0 aliphatic heterocycles. The van der Waals surface area contributed by atoms with Crippen molar-refractivity contribution in [2.75, 3.05) is 7.11 Å². The second kappa shape index (κ2) is 4.61. The van der Waals surface area contributed by atoms with E-state index in [-0.39, 0.29) is 5.76 Å². The molecule has 1 heterocycles. The molecule has 0 saturated heterocycles. The van der Waals surface area contributed by atoms with E-state index in [1.165, 1.54) is 7.11 Å². The van der Waals surface area contributed by atoms with Crippen LogP contribution in [0.5, 0.6) is 0 Å². The standard InChI is InChI=1S/C16H12O3/c1-18-16(17)15-14(11-7-3-2-4-8-11)12-9-5-6-10-13(12)19-15/h2-10H,1H3. The van der Waals surface area contributed by atoms with Crippen molar-refractivity contribution >= 4 is 16.9 Å². The molecule has 0 saturated carbocycles. The number of fused-ring (bicyclic) bond motifs is 1. The van der Waals surface area contributed by atoms with Gasteiger partial charge in [-0.3, -0.25) is 0 Å². The van der Waals surface area contributed by atoms with Crippen molar-refractivity contribution in [2.45, 2.75) is 0 Å². The highest BCUT2D eigenvalue weighted by Gasteiger charge is 2.21. The van der Waals surface area contributed by atoms with Gasteiger partial charge in [-0.1, -0.05) is 48.5 Å². The summed E-state index contributed by atoms with van der Waals surface area (Å²) >= 11 is 0. The fourth-order valence-electron chi connectivity index (χ4n) is 2.17. The van der Waals surface area contributed by atoms with Crippen LogP contribution >= 0.6 is 0 Å². The Bertz CT molecular complexity index is 726. The number of rotatable bonds is 2. The molecular formula is C16H12O3. The van der Waals surface area contributed by atoms with Crippen LogP contribution in [0, 0.1) is 0 Å². The highest BCUT2D eigenvalue weighted by molar-refractivity contribution is 6.06. The van der Waals surface area contributed by atoms with Crippen LogP contribution < -0.4 is 0 Å². The van der Waals surface area contributed by atoms with Crippen LogP contribution in [0.1, 0.15) is 10.6 Å². The summed E-state index contributed by atoms with van der Waals surface area (Å²) in [6.45, 7) is 0. The lowest BCUT2D eigenvalue weighted by molar-refractivity contribution is 0.0569. The smallest absolute Gasteiger partial charge is 0.374 e. The van der Waals surface area contributed by atoms with Crippen LogP contribution in [0.4, 0.5) is 0 Å². The molecule has 0 amide bonds. The van der Waals surface area contributed by atoms with E-state index in [2.05, 4.69) is 0 Å². The van der Waals surface area contributed by atoms with Gasteiger partial charge < -0.3 is 9.15 Å². The Morgan fingerprint density at radius 3 is 2.42 bits per heavy atom. The number of hydrogen-bond donors (Lipinski definition) is 0. The molecule has 2 aromatic carbocycles. The zero-order valence-electron chi connectivity index (χ0n) is 10.4. The lowest BCUT2D eigenvalue weighted by atomic mass is 10.0. The summed E-state index contributed by atoms with van der Waals surface area (Å²) in [4.78, 5) is 11.9. The Balaban J connectivity index is 2.34. The van der Waals surface area contributed by atoms with E-state index >= 15 is 0 Å². The Kier molecular flexibility index (Phi) is 2.80. The van der Waals surface area contributed by atoms with E-state index < -0.39 is 5.97 Å². The first-order valence-corrected chi connectivity index (χ1v) is 5.96. The third-order valence-electron chi connectivity index (χ3n) is 3.03. The molecule has 0 aliphatic carbocycles. The second-order valence-corrected chi connectivity index (χ2v) is 4.16. The molecule has 3 aromatic rings. The maximum atomic E-state index is 11.9. The molecule has 0 radical (unpaired) electrons. The molecule has 0 spiro atoms. The van der Waals surface area contributed by atoms with Gasteiger partial charge >= 0.3 is 5.97 Å². The first-order valence-electron chi connectivity index (χ1n) is 5.96. The van der Waals surface area contributed by atoms with Crippen molar-refractivity contribution in [1.29, 1.82) is 0 Å². The molecule has 3 heteroatoms. The Labute approximate surface area is 110 Å². The van der Waals surface area contributed by atoms with Gasteiger partial charge in [-0.15, -0.1) is 0 Å². The number of methoxy groups -OCH3 is 1. The third-order valence-corrected chi connectivity index (χ3v) is 3.03. The predicted molar refractivity (Wildman–Crippen MR) is 73.0 cm³/mol. The summed E-state index contributed by atoms with van der Waals surface area (Å²) in [5, 5.41) is 0.911. The highest BCUT2D eigenvalue weighted by Crippen LogP contribution is 2.34. The number of hydrogen-bond acceptors (Lipinski definition) is 3.